The summed E-state index contributed by atoms with van der Waals surface area (Å²) in [6.45, 7) is 11.4. The Morgan fingerprint density at radius 1 is 1.11 bits per heavy atom. The quantitative estimate of drug-likeness (QED) is 0.830. The van der Waals surface area contributed by atoms with E-state index < -0.39 is 5.60 Å². The Bertz CT molecular complexity index is 377. The van der Waals surface area contributed by atoms with Crippen molar-refractivity contribution < 1.29 is 9.84 Å². The van der Waals surface area contributed by atoms with Gasteiger partial charge in [0.2, 0.25) is 0 Å². The summed E-state index contributed by atoms with van der Waals surface area (Å²) in [6, 6.07) is 7.68. The number of aliphatic hydroxyl groups is 1. The van der Waals surface area contributed by atoms with Crippen molar-refractivity contribution in [3.8, 4) is 5.75 Å². The van der Waals surface area contributed by atoms with Crippen LogP contribution in [0.25, 0.3) is 0 Å². The zero-order chi connectivity index (χ0) is 14.5. The molecule has 108 valence electrons. The van der Waals surface area contributed by atoms with Gasteiger partial charge in [-0.05, 0) is 51.8 Å². The number of benzene rings is 1. The van der Waals surface area contributed by atoms with Crippen LogP contribution in [0, 0.1) is 0 Å². The minimum Gasteiger partial charge on any atom is -0.494 e. The maximum atomic E-state index is 10.5. The minimum absolute atomic E-state index is 0.00579. The molecule has 1 unspecified atom stereocenters. The standard InChI is InChI=1S/C16H27NO2/c1-6-11-19-14-9-7-13(8-10-14)16(5,18)12-17-15(2,3)4/h7-10,17-18H,6,11-12H2,1-5H3. The van der Waals surface area contributed by atoms with Crippen molar-refractivity contribution in [3.63, 3.8) is 0 Å². The molecular formula is C16H27NO2. The molecule has 2 N–H and O–H groups in total. The molecule has 3 nitrogen and oxygen atoms in total. The summed E-state index contributed by atoms with van der Waals surface area (Å²) in [7, 11) is 0. The van der Waals surface area contributed by atoms with Crippen molar-refractivity contribution >= 4 is 0 Å². The lowest BCUT2D eigenvalue weighted by atomic mass is 9.94. The van der Waals surface area contributed by atoms with Gasteiger partial charge in [0.05, 0.1) is 12.2 Å². The van der Waals surface area contributed by atoms with Crippen LogP contribution < -0.4 is 10.1 Å². The smallest absolute Gasteiger partial charge is 0.119 e. The topological polar surface area (TPSA) is 41.5 Å². The van der Waals surface area contributed by atoms with Gasteiger partial charge in [-0.1, -0.05) is 19.1 Å². The number of rotatable bonds is 6. The molecule has 0 saturated heterocycles. The third-order valence-electron chi connectivity index (χ3n) is 2.91. The van der Waals surface area contributed by atoms with Gasteiger partial charge in [-0.15, -0.1) is 0 Å². The lowest BCUT2D eigenvalue weighted by molar-refractivity contribution is 0.0501. The first-order chi connectivity index (χ1) is 8.74. The van der Waals surface area contributed by atoms with Crippen LogP contribution in [0.3, 0.4) is 0 Å². The van der Waals surface area contributed by atoms with Crippen LogP contribution in [0.4, 0.5) is 0 Å². The number of β-amino-alcohol motifs (C(OH)–C–C–N with tert-alkyl or cyclic N) is 1. The first-order valence-electron chi connectivity index (χ1n) is 6.95. The molecule has 1 aromatic rings. The number of ether oxygens (including phenoxy) is 1. The second-order valence-electron chi connectivity index (χ2n) is 6.25. The Hall–Kier alpha value is -1.06. The van der Waals surface area contributed by atoms with Crippen molar-refractivity contribution in [2.24, 2.45) is 0 Å². The van der Waals surface area contributed by atoms with Crippen LogP contribution in [0.1, 0.15) is 46.6 Å². The predicted octanol–water partition coefficient (Wildman–Crippen LogP) is 3.07. The van der Waals surface area contributed by atoms with E-state index in [4.69, 9.17) is 4.74 Å². The number of hydrogen-bond donors (Lipinski definition) is 2. The molecule has 1 rings (SSSR count). The first-order valence-corrected chi connectivity index (χ1v) is 6.95. The zero-order valence-corrected chi connectivity index (χ0v) is 12.8. The highest BCUT2D eigenvalue weighted by molar-refractivity contribution is 5.30. The Kier molecular flexibility index (Phi) is 5.39. The molecule has 0 aliphatic heterocycles. The van der Waals surface area contributed by atoms with Gasteiger partial charge < -0.3 is 15.2 Å². The molecule has 3 heteroatoms. The molecule has 0 spiro atoms. The zero-order valence-electron chi connectivity index (χ0n) is 12.8. The van der Waals surface area contributed by atoms with Crippen LogP contribution in [-0.2, 0) is 5.60 Å². The summed E-state index contributed by atoms with van der Waals surface area (Å²) in [4.78, 5) is 0. The second kappa shape index (κ2) is 6.40. The largest absolute Gasteiger partial charge is 0.494 e. The highest BCUT2D eigenvalue weighted by atomic mass is 16.5. The highest BCUT2D eigenvalue weighted by Crippen LogP contribution is 2.23. The lowest BCUT2D eigenvalue weighted by Crippen LogP contribution is -2.44. The average Bonchev–Trinajstić information content (AvgIpc) is 2.34. The Morgan fingerprint density at radius 3 is 2.16 bits per heavy atom. The number of nitrogens with one attached hydrogen (secondary N) is 1. The van der Waals surface area contributed by atoms with Gasteiger partial charge in [0.25, 0.3) is 0 Å². The van der Waals surface area contributed by atoms with E-state index in [0.29, 0.717) is 6.54 Å². The lowest BCUT2D eigenvalue weighted by Gasteiger charge is -2.30. The van der Waals surface area contributed by atoms with Crippen LogP contribution in [0.15, 0.2) is 24.3 Å². The molecule has 0 amide bonds. The van der Waals surface area contributed by atoms with Gasteiger partial charge in [0, 0.05) is 12.1 Å². The summed E-state index contributed by atoms with van der Waals surface area (Å²) < 4.78 is 5.54. The van der Waals surface area contributed by atoms with Crippen LogP contribution in [0.2, 0.25) is 0 Å². The van der Waals surface area contributed by atoms with E-state index in [9.17, 15) is 5.11 Å². The van der Waals surface area contributed by atoms with E-state index in [1.54, 1.807) is 0 Å². The van der Waals surface area contributed by atoms with Gasteiger partial charge in [0.15, 0.2) is 0 Å². The fourth-order valence-electron chi connectivity index (χ4n) is 1.67. The normalized spacial score (nSPS) is 15.1. The molecule has 1 aromatic carbocycles. The molecular weight excluding hydrogens is 238 g/mol. The predicted molar refractivity (Wildman–Crippen MR) is 79.6 cm³/mol. The van der Waals surface area contributed by atoms with E-state index in [1.165, 1.54) is 0 Å². The Balaban J connectivity index is 2.67. The molecule has 19 heavy (non-hydrogen) atoms. The molecule has 0 bridgehead atoms. The summed E-state index contributed by atoms with van der Waals surface area (Å²) in [5.74, 6) is 0.852. The summed E-state index contributed by atoms with van der Waals surface area (Å²) in [5.41, 5.74) is 0.0122. The summed E-state index contributed by atoms with van der Waals surface area (Å²) in [5, 5.41) is 13.8. The third-order valence-corrected chi connectivity index (χ3v) is 2.91. The molecule has 0 heterocycles. The van der Waals surface area contributed by atoms with E-state index in [-0.39, 0.29) is 5.54 Å². The van der Waals surface area contributed by atoms with Crippen molar-refractivity contribution in [1.82, 2.24) is 5.32 Å². The summed E-state index contributed by atoms with van der Waals surface area (Å²) in [6.07, 6.45) is 0.995. The molecule has 0 aromatic heterocycles. The monoisotopic (exact) mass is 265 g/mol. The Labute approximate surface area is 117 Å². The molecule has 0 saturated carbocycles. The van der Waals surface area contributed by atoms with Crippen LogP contribution in [0.5, 0.6) is 5.75 Å². The SMILES string of the molecule is CCCOc1ccc(C(C)(O)CNC(C)(C)C)cc1. The van der Waals surface area contributed by atoms with E-state index in [1.807, 2.05) is 31.2 Å². The average molecular weight is 265 g/mol. The maximum absolute atomic E-state index is 10.5. The fraction of sp³-hybridized carbons (Fsp3) is 0.625. The molecule has 0 aliphatic carbocycles. The van der Waals surface area contributed by atoms with Gasteiger partial charge in [-0.3, -0.25) is 0 Å². The second-order valence-corrected chi connectivity index (χ2v) is 6.25. The first kappa shape index (κ1) is 16.0. The van der Waals surface area contributed by atoms with Gasteiger partial charge in [-0.25, -0.2) is 0 Å². The van der Waals surface area contributed by atoms with Crippen molar-refractivity contribution in [3.05, 3.63) is 29.8 Å². The molecule has 0 radical (unpaired) electrons. The van der Waals surface area contributed by atoms with E-state index >= 15 is 0 Å². The molecule has 0 aliphatic rings. The van der Waals surface area contributed by atoms with E-state index in [0.717, 1.165) is 24.3 Å². The van der Waals surface area contributed by atoms with Gasteiger partial charge in [-0.2, -0.15) is 0 Å². The molecule has 0 fully saturated rings. The highest BCUT2D eigenvalue weighted by Gasteiger charge is 2.25. The Morgan fingerprint density at radius 2 is 1.68 bits per heavy atom. The van der Waals surface area contributed by atoms with Crippen molar-refractivity contribution in [2.75, 3.05) is 13.2 Å². The van der Waals surface area contributed by atoms with E-state index in [2.05, 4.69) is 33.0 Å². The number of hydrogen-bond acceptors (Lipinski definition) is 3. The van der Waals surface area contributed by atoms with Crippen LogP contribution >= 0.6 is 0 Å². The van der Waals surface area contributed by atoms with Crippen LogP contribution in [-0.4, -0.2) is 23.8 Å². The minimum atomic E-state index is -0.878. The summed E-state index contributed by atoms with van der Waals surface area (Å²) >= 11 is 0. The maximum Gasteiger partial charge on any atom is 0.119 e. The molecule has 1 atom stereocenters. The fourth-order valence-corrected chi connectivity index (χ4v) is 1.67. The van der Waals surface area contributed by atoms with Gasteiger partial charge >= 0.3 is 0 Å². The van der Waals surface area contributed by atoms with Gasteiger partial charge in [0.1, 0.15) is 5.75 Å². The van der Waals surface area contributed by atoms with Crippen molar-refractivity contribution in [1.29, 1.82) is 0 Å². The third kappa shape index (κ3) is 5.62. The van der Waals surface area contributed by atoms with Crippen molar-refractivity contribution in [2.45, 2.75) is 52.2 Å².